The molecule has 0 fully saturated rings. The summed E-state index contributed by atoms with van der Waals surface area (Å²) < 4.78 is 8.41. The molecule has 0 rings (SSSR count). The van der Waals surface area contributed by atoms with E-state index in [0.717, 1.165) is 6.08 Å². The van der Waals surface area contributed by atoms with Crippen molar-refractivity contribution in [2.24, 2.45) is 0 Å². The number of esters is 1. The van der Waals surface area contributed by atoms with Gasteiger partial charge >= 0.3 is 5.97 Å². The molecule has 0 saturated carbocycles. The number of ether oxygens (including phenoxy) is 2. The van der Waals surface area contributed by atoms with E-state index in [0.29, 0.717) is 0 Å². The fourth-order valence-electron chi connectivity index (χ4n) is 0.219. The molecule has 1 N–H and O–H groups in total. The minimum atomic E-state index is -0.644. The van der Waals surface area contributed by atoms with Crippen molar-refractivity contribution >= 4 is 5.97 Å². The normalized spacial score (nSPS) is 9.60. The summed E-state index contributed by atoms with van der Waals surface area (Å²) in [5.41, 5.74) is 0. The van der Waals surface area contributed by atoms with Gasteiger partial charge in [0.1, 0.15) is 6.08 Å². The first-order valence-corrected chi connectivity index (χ1v) is 2.23. The summed E-state index contributed by atoms with van der Waals surface area (Å²) in [4.78, 5) is 10.2. The van der Waals surface area contributed by atoms with Crippen LogP contribution in [0.15, 0.2) is 12.0 Å². The molecule has 0 spiro atoms. The second-order valence-electron chi connectivity index (χ2n) is 1.21. The van der Waals surface area contributed by atoms with Crippen molar-refractivity contribution < 1.29 is 45.2 Å². The topological polar surface area (TPSA) is 55.8 Å². The van der Waals surface area contributed by atoms with Crippen molar-refractivity contribution in [1.29, 1.82) is 0 Å². The van der Waals surface area contributed by atoms with E-state index in [-0.39, 0.29) is 25.8 Å². The van der Waals surface area contributed by atoms with Gasteiger partial charge in [-0.2, -0.15) is 0 Å². The first-order valence-electron chi connectivity index (χ1n) is 2.23. The Labute approximate surface area is 77.6 Å². The minimum absolute atomic E-state index is 0. The Morgan fingerprint density at radius 2 is 1.90 bits per heavy atom. The zero-order valence-corrected chi connectivity index (χ0v) is 9.34. The third kappa shape index (κ3) is 5.81. The minimum Gasteiger partial charge on any atom is -0.481 e. The monoisotopic (exact) mass is 312 g/mol. The van der Waals surface area contributed by atoms with Crippen molar-refractivity contribution in [2.45, 2.75) is 0 Å². The molecule has 0 heterocycles. The van der Waals surface area contributed by atoms with Crippen LogP contribution in [0.2, 0.25) is 0 Å². The Morgan fingerprint density at radius 3 is 2.20 bits per heavy atom. The van der Waals surface area contributed by atoms with E-state index in [1.165, 1.54) is 14.2 Å². The van der Waals surface area contributed by atoms with Crippen LogP contribution in [0, 0.1) is 0 Å². The van der Waals surface area contributed by atoms with Gasteiger partial charge in [0.15, 0.2) is 0 Å². The summed E-state index contributed by atoms with van der Waals surface area (Å²) in [6.07, 6.45) is 0.833. The maximum absolute atomic E-state index is 10.2. The SMILES string of the molecule is COC(=O)/C=C(\O)OC.[Hf]. The van der Waals surface area contributed by atoms with E-state index in [1.54, 1.807) is 0 Å². The molecular weight excluding hydrogens is 303 g/mol. The Kier molecular flexibility index (Phi) is 8.40. The fourth-order valence-corrected chi connectivity index (χ4v) is 0.219. The predicted molar refractivity (Wildman–Crippen MR) is 29.7 cm³/mol. The summed E-state index contributed by atoms with van der Waals surface area (Å²) >= 11 is 0. The van der Waals surface area contributed by atoms with Crippen LogP contribution in [0.25, 0.3) is 0 Å². The molecular formula is C5H8HfO4. The summed E-state index contributed by atoms with van der Waals surface area (Å²) in [5, 5.41) is 8.50. The molecule has 0 aliphatic heterocycles. The summed E-state index contributed by atoms with van der Waals surface area (Å²) in [7, 11) is 2.45. The maximum Gasteiger partial charge on any atom is 0.337 e. The van der Waals surface area contributed by atoms with Gasteiger partial charge in [-0.25, -0.2) is 4.79 Å². The first-order chi connectivity index (χ1) is 4.20. The second-order valence-corrected chi connectivity index (χ2v) is 1.21. The average molecular weight is 311 g/mol. The predicted octanol–water partition coefficient (Wildman–Crippen LogP) is 0.203. The zero-order chi connectivity index (χ0) is 7.28. The van der Waals surface area contributed by atoms with Crippen molar-refractivity contribution in [2.75, 3.05) is 14.2 Å². The molecule has 0 unspecified atom stereocenters. The molecule has 56 valence electrons. The Bertz CT molecular complexity index is 132. The van der Waals surface area contributed by atoms with E-state index in [4.69, 9.17) is 5.11 Å². The standard InChI is InChI=1S/C5H8O4.Hf/c1-8-4(6)3-5(7)9-2;/h3,6H,1-2H3;/b4-3+;. The van der Waals surface area contributed by atoms with Crippen molar-refractivity contribution in [3.63, 3.8) is 0 Å². The smallest absolute Gasteiger partial charge is 0.337 e. The number of methoxy groups -OCH3 is 2. The van der Waals surface area contributed by atoms with Crippen molar-refractivity contribution in [3.05, 3.63) is 12.0 Å². The molecule has 0 atom stereocenters. The van der Waals surface area contributed by atoms with E-state index >= 15 is 0 Å². The molecule has 0 aromatic heterocycles. The number of aliphatic hydroxyl groups excluding tert-OH is 1. The number of hydrogen-bond donors (Lipinski definition) is 1. The van der Waals surface area contributed by atoms with Crippen LogP contribution >= 0.6 is 0 Å². The third-order valence-electron chi connectivity index (χ3n) is 0.652. The van der Waals surface area contributed by atoms with Crippen LogP contribution < -0.4 is 0 Å². The molecule has 4 nitrogen and oxygen atoms in total. The van der Waals surface area contributed by atoms with Gasteiger partial charge in [0.25, 0.3) is 5.95 Å². The number of carbonyl (C=O) groups excluding carboxylic acids is 1. The molecule has 0 aliphatic rings. The van der Waals surface area contributed by atoms with E-state index in [2.05, 4.69) is 9.47 Å². The fraction of sp³-hybridized carbons (Fsp3) is 0.400. The molecule has 0 radical (unpaired) electrons. The average Bonchev–Trinajstić information content (AvgIpc) is 1.87. The van der Waals surface area contributed by atoms with E-state index in [9.17, 15) is 4.79 Å². The van der Waals surface area contributed by atoms with Crippen LogP contribution in [0.3, 0.4) is 0 Å². The quantitative estimate of drug-likeness (QED) is 0.343. The van der Waals surface area contributed by atoms with Crippen LogP contribution in [-0.4, -0.2) is 25.3 Å². The Balaban J connectivity index is 0. The van der Waals surface area contributed by atoms with Gasteiger partial charge in [-0.3, -0.25) is 0 Å². The van der Waals surface area contributed by atoms with Crippen molar-refractivity contribution in [3.8, 4) is 0 Å². The molecule has 0 aliphatic carbocycles. The maximum atomic E-state index is 10.2. The van der Waals surface area contributed by atoms with Crippen LogP contribution in [0.4, 0.5) is 0 Å². The number of carbonyl (C=O) groups is 1. The Morgan fingerprint density at radius 1 is 1.40 bits per heavy atom. The van der Waals surface area contributed by atoms with Gasteiger partial charge in [0.2, 0.25) is 0 Å². The first kappa shape index (κ1) is 12.4. The van der Waals surface area contributed by atoms with E-state index < -0.39 is 11.9 Å². The molecule has 0 saturated heterocycles. The Hall–Kier alpha value is -0.320. The summed E-state index contributed by atoms with van der Waals surface area (Å²) in [5.74, 6) is -1.10. The number of aliphatic hydroxyl groups is 1. The molecule has 10 heavy (non-hydrogen) atoms. The van der Waals surface area contributed by atoms with E-state index in [1.807, 2.05) is 0 Å². The molecule has 0 amide bonds. The van der Waals surface area contributed by atoms with Crippen molar-refractivity contribution in [1.82, 2.24) is 0 Å². The van der Waals surface area contributed by atoms with Gasteiger partial charge in [-0.1, -0.05) is 0 Å². The molecule has 0 aromatic rings. The van der Waals surface area contributed by atoms with Crippen LogP contribution in [0.1, 0.15) is 0 Å². The zero-order valence-electron chi connectivity index (χ0n) is 5.75. The molecule has 5 heteroatoms. The van der Waals surface area contributed by atoms with Gasteiger partial charge < -0.3 is 14.6 Å². The van der Waals surface area contributed by atoms with Gasteiger partial charge in [0.05, 0.1) is 14.2 Å². The largest absolute Gasteiger partial charge is 0.481 e. The second kappa shape index (κ2) is 6.80. The third-order valence-corrected chi connectivity index (χ3v) is 0.652. The number of hydrogen-bond acceptors (Lipinski definition) is 4. The van der Waals surface area contributed by atoms with Crippen LogP contribution in [0.5, 0.6) is 0 Å². The molecule has 0 aromatic carbocycles. The van der Waals surface area contributed by atoms with Gasteiger partial charge in [-0.15, -0.1) is 0 Å². The van der Waals surface area contributed by atoms with Crippen LogP contribution in [-0.2, 0) is 40.1 Å². The summed E-state index contributed by atoms with van der Waals surface area (Å²) in [6.45, 7) is 0. The number of rotatable bonds is 2. The summed E-state index contributed by atoms with van der Waals surface area (Å²) in [6, 6.07) is 0. The van der Waals surface area contributed by atoms with Gasteiger partial charge in [0, 0.05) is 25.8 Å². The molecule has 0 bridgehead atoms. The van der Waals surface area contributed by atoms with Gasteiger partial charge in [-0.05, 0) is 0 Å².